The van der Waals surface area contributed by atoms with Gasteiger partial charge in [-0.15, -0.1) is 0 Å². The molecule has 0 saturated carbocycles. The molecule has 1 N–H and O–H groups in total. The molecule has 0 bridgehead atoms. The number of benzene rings is 1. The molecular formula is C8H6BrNO. The predicted octanol–water partition coefficient (Wildman–Crippen LogP) is 2.33. The molecule has 0 fully saturated rings. The smallest absolute Gasteiger partial charge is 0.147 e. The minimum absolute atomic E-state index is 0.0121. The van der Waals surface area contributed by atoms with Gasteiger partial charge in [-0.3, -0.25) is 0 Å². The summed E-state index contributed by atoms with van der Waals surface area (Å²) in [6.07, 6.45) is 0. The summed E-state index contributed by atoms with van der Waals surface area (Å²) in [5.74, 6) is 0.0121. The van der Waals surface area contributed by atoms with E-state index in [0.717, 1.165) is 5.56 Å². The predicted molar refractivity (Wildman–Crippen MR) is 45.3 cm³/mol. The van der Waals surface area contributed by atoms with Gasteiger partial charge in [0.25, 0.3) is 0 Å². The van der Waals surface area contributed by atoms with Crippen LogP contribution in [0.3, 0.4) is 0 Å². The Hall–Kier alpha value is -1.01. The number of phenolic OH excluding ortho intramolecular Hbond substituents is 1. The molecule has 0 aromatic heterocycles. The number of hydrogen-bond donors (Lipinski definition) is 1. The van der Waals surface area contributed by atoms with Crippen LogP contribution in [0, 0.1) is 18.3 Å². The molecule has 0 aliphatic rings. The van der Waals surface area contributed by atoms with Crippen LogP contribution in [0.1, 0.15) is 11.1 Å². The molecule has 0 aliphatic carbocycles. The van der Waals surface area contributed by atoms with E-state index >= 15 is 0 Å². The maximum absolute atomic E-state index is 9.25. The van der Waals surface area contributed by atoms with E-state index in [-0.39, 0.29) is 5.75 Å². The van der Waals surface area contributed by atoms with Gasteiger partial charge in [0, 0.05) is 0 Å². The molecule has 1 aromatic rings. The normalized spacial score (nSPS) is 9.18. The Balaban J connectivity index is 3.39. The van der Waals surface area contributed by atoms with Crippen molar-refractivity contribution in [3.8, 4) is 11.8 Å². The van der Waals surface area contributed by atoms with Crippen LogP contribution in [0.4, 0.5) is 0 Å². The summed E-state index contributed by atoms with van der Waals surface area (Å²) in [6.45, 7) is 1.87. The molecule has 0 spiro atoms. The minimum atomic E-state index is 0.0121. The SMILES string of the molecule is Cc1cc(Br)c(O)c(C#N)c1. The summed E-state index contributed by atoms with van der Waals surface area (Å²) in [7, 11) is 0. The van der Waals surface area contributed by atoms with Gasteiger partial charge in [-0.25, -0.2) is 0 Å². The topological polar surface area (TPSA) is 44.0 Å². The second-order valence-corrected chi connectivity index (χ2v) is 3.11. The molecule has 0 atom stereocenters. The fourth-order valence-corrected chi connectivity index (χ4v) is 1.39. The number of nitriles is 1. The molecule has 2 nitrogen and oxygen atoms in total. The first kappa shape index (κ1) is 8.09. The van der Waals surface area contributed by atoms with E-state index in [1.807, 2.05) is 13.0 Å². The minimum Gasteiger partial charge on any atom is -0.505 e. The highest BCUT2D eigenvalue weighted by Crippen LogP contribution is 2.28. The average molecular weight is 212 g/mol. The third kappa shape index (κ3) is 1.52. The fourth-order valence-electron chi connectivity index (χ4n) is 0.820. The summed E-state index contributed by atoms with van der Waals surface area (Å²) in [4.78, 5) is 0. The van der Waals surface area contributed by atoms with E-state index in [1.54, 1.807) is 12.1 Å². The second kappa shape index (κ2) is 2.93. The van der Waals surface area contributed by atoms with Crippen molar-refractivity contribution >= 4 is 15.9 Å². The van der Waals surface area contributed by atoms with E-state index in [1.165, 1.54) is 0 Å². The van der Waals surface area contributed by atoms with Crippen LogP contribution in [0.15, 0.2) is 16.6 Å². The first-order chi connectivity index (χ1) is 5.15. The van der Waals surface area contributed by atoms with Gasteiger partial charge in [0.15, 0.2) is 0 Å². The molecule has 0 saturated heterocycles. The number of rotatable bonds is 0. The van der Waals surface area contributed by atoms with Gasteiger partial charge in [0.2, 0.25) is 0 Å². The zero-order valence-corrected chi connectivity index (χ0v) is 7.51. The van der Waals surface area contributed by atoms with Crippen LogP contribution in [0.25, 0.3) is 0 Å². The maximum atomic E-state index is 9.25. The molecule has 0 heterocycles. The van der Waals surface area contributed by atoms with E-state index in [0.29, 0.717) is 10.0 Å². The van der Waals surface area contributed by atoms with Gasteiger partial charge < -0.3 is 5.11 Å². The summed E-state index contributed by atoms with van der Waals surface area (Å²) in [6, 6.07) is 5.30. The van der Waals surface area contributed by atoms with Crippen molar-refractivity contribution < 1.29 is 5.11 Å². The number of nitrogens with zero attached hydrogens (tertiary/aromatic N) is 1. The van der Waals surface area contributed by atoms with Crippen molar-refractivity contribution in [2.45, 2.75) is 6.92 Å². The lowest BCUT2D eigenvalue weighted by molar-refractivity contribution is 0.470. The summed E-state index contributed by atoms with van der Waals surface area (Å²) in [5, 5.41) is 17.8. The Morgan fingerprint density at radius 1 is 1.55 bits per heavy atom. The lowest BCUT2D eigenvalue weighted by atomic mass is 10.1. The number of halogens is 1. The van der Waals surface area contributed by atoms with E-state index in [9.17, 15) is 5.11 Å². The first-order valence-electron chi connectivity index (χ1n) is 3.04. The molecule has 0 aliphatic heterocycles. The molecular weight excluding hydrogens is 206 g/mol. The Kier molecular flexibility index (Phi) is 2.16. The summed E-state index contributed by atoms with van der Waals surface area (Å²) in [5.41, 5.74) is 1.25. The van der Waals surface area contributed by atoms with Crippen molar-refractivity contribution in [2.75, 3.05) is 0 Å². The van der Waals surface area contributed by atoms with Gasteiger partial charge >= 0.3 is 0 Å². The number of phenols is 1. The van der Waals surface area contributed by atoms with Gasteiger partial charge in [-0.05, 0) is 40.5 Å². The van der Waals surface area contributed by atoms with Crippen molar-refractivity contribution in [3.63, 3.8) is 0 Å². The number of aryl methyl sites for hydroxylation is 1. The molecule has 0 unspecified atom stereocenters. The highest BCUT2D eigenvalue weighted by atomic mass is 79.9. The zero-order chi connectivity index (χ0) is 8.43. The molecule has 0 radical (unpaired) electrons. The maximum Gasteiger partial charge on any atom is 0.147 e. The van der Waals surface area contributed by atoms with Crippen LogP contribution in [0.2, 0.25) is 0 Å². The molecule has 11 heavy (non-hydrogen) atoms. The van der Waals surface area contributed by atoms with Crippen molar-refractivity contribution in [2.24, 2.45) is 0 Å². The van der Waals surface area contributed by atoms with Crippen molar-refractivity contribution in [1.29, 1.82) is 5.26 Å². The molecule has 3 heteroatoms. The van der Waals surface area contributed by atoms with E-state index in [2.05, 4.69) is 15.9 Å². The van der Waals surface area contributed by atoms with E-state index in [4.69, 9.17) is 5.26 Å². The van der Waals surface area contributed by atoms with Gasteiger partial charge in [-0.1, -0.05) is 0 Å². The number of aromatic hydroxyl groups is 1. The van der Waals surface area contributed by atoms with E-state index < -0.39 is 0 Å². The highest BCUT2D eigenvalue weighted by Gasteiger charge is 2.04. The quantitative estimate of drug-likeness (QED) is 0.717. The highest BCUT2D eigenvalue weighted by molar-refractivity contribution is 9.10. The molecule has 1 aromatic carbocycles. The summed E-state index contributed by atoms with van der Waals surface area (Å²) < 4.78 is 0.564. The lowest BCUT2D eigenvalue weighted by Gasteiger charge is -1.99. The van der Waals surface area contributed by atoms with Crippen LogP contribution < -0.4 is 0 Å². The Labute approximate surface area is 73.2 Å². The Morgan fingerprint density at radius 3 is 2.73 bits per heavy atom. The third-order valence-electron chi connectivity index (χ3n) is 1.33. The monoisotopic (exact) mass is 211 g/mol. The van der Waals surface area contributed by atoms with Crippen LogP contribution in [-0.4, -0.2) is 5.11 Å². The third-order valence-corrected chi connectivity index (χ3v) is 1.93. The Morgan fingerprint density at radius 2 is 2.18 bits per heavy atom. The van der Waals surface area contributed by atoms with Crippen LogP contribution >= 0.6 is 15.9 Å². The summed E-state index contributed by atoms with van der Waals surface area (Å²) >= 11 is 3.14. The van der Waals surface area contributed by atoms with Gasteiger partial charge in [0.1, 0.15) is 11.8 Å². The first-order valence-corrected chi connectivity index (χ1v) is 3.83. The second-order valence-electron chi connectivity index (χ2n) is 2.25. The molecule has 56 valence electrons. The largest absolute Gasteiger partial charge is 0.505 e. The molecule has 0 amide bonds. The van der Waals surface area contributed by atoms with Crippen LogP contribution in [0.5, 0.6) is 5.75 Å². The Bertz CT molecular complexity index is 328. The fraction of sp³-hybridized carbons (Fsp3) is 0.125. The zero-order valence-electron chi connectivity index (χ0n) is 5.93. The van der Waals surface area contributed by atoms with Crippen molar-refractivity contribution in [1.82, 2.24) is 0 Å². The van der Waals surface area contributed by atoms with Crippen molar-refractivity contribution in [3.05, 3.63) is 27.7 Å². The lowest BCUT2D eigenvalue weighted by Crippen LogP contribution is -1.80. The van der Waals surface area contributed by atoms with Gasteiger partial charge in [0.05, 0.1) is 10.0 Å². The molecule has 1 rings (SSSR count). The standard InChI is InChI=1S/C8H6BrNO/c1-5-2-6(4-10)8(11)7(9)3-5/h2-3,11H,1H3. The average Bonchev–Trinajstić information content (AvgIpc) is 1.96. The van der Waals surface area contributed by atoms with Gasteiger partial charge in [-0.2, -0.15) is 5.26 Å². The van der Waals surface area contributed by atoms with Crippen LogP contribution in [-0.2, 0) is 0 Å². The number of hydrogen-bond acceptors (Lipinski definition) is 2.